The molecule has 25 heavy (non-hydrogen) atoms. The average molecular weight is 345 g/mol. The van der Waals surface area contributed by atoms with Gasteiger partial charge in [-0.1, -0.05) is 25.3 Å². The molecule has 0 unspecified atom stereocenters. The minimum atomic E-state index is 0.169. The van der Waals surface area contributed by atoms with E-state index in [9.17, 15) is 9.90 Å². The van der Waals surface area contributed by atoms with Crippen LogP contribution in [0.1, 0.15) is 57.4 Å². The molecule has 0 atom stereocenters. The average Bonchev–Trinajstić information content (AvgIpc) is 2.67. The maximum Gasteiger partial charge on any atom is 0.219 e. The Kier molecular flexibility index (Phi) is 6.29. The first-order chi connectivity index (χ1) is 12.2. The van der Waals surface area contributed by atoms with E-state index in [0.717, 1.165) is 50.2 Å². The minimum absolute atomic E-state index is 0.169. The summed E-state index contributed by atoms with van der Waals surface area (Å²) < 4.78 is 0. The number of carbonyl (C=O) groups is 1. The second-order valence-corrected chi connectivity index (χ2v) is 7.58. The van der Waals surface area contributed by atoms with Crippen molar-refractivity contribution in [3.63, 3.8) is 0 Å². The summed E-state index contributed by atoms with van der Waals surface area (Å²) in [5.74, 6) is 1.62. The van der Waals surface area contributed by atoms with Gasteiger partial charge >= 0.3 is 0 Å². The molecule has 0 bridgehead atoms. The molecule has 0 aromatic carbocycles. The summed E-state index contributed by atoms with van der Waals surface area (Å²) in [5.41, 5.74) is 1.11. The van der Waals surface area contributed by atoms with E-state index in [-0.39, 0.29) is 5.91 Å². The van der Waals surface area contributed by atoms with E-state index >= 15 is 0 Å². The fourth-order valence-electron chi connectivity index (χ4n) is 4.13. The lowest BCUT2D eigenvalue weighted by Crippen LogP contribution is -2.39. The summed E-state index contributed by atoms with van der Waals surface area (Å²) in [6.45, 7) is 4.56. The van der Waals surface area contributed by atoms with E-state index in [1.165, 1.54) is 19.3 Å². The molecule has 2 fully saturated rings. The third kappa shape index (κ3) is 4.72. The van der Waals surface area contributed by atoms with E-state index in [1.54, 1.807) is 6.92 Å². The van der Waals surface area contributed by atoms with Crippen molar-refractivity contribution < 1.29 is 9.90 Å². The summed E-state index contributed by atoms with van der Waals surface area (Å²) in [7, 11) is 0. The monoisotopic (exact) mass is 345 g/mol. The van der Waals surface area contributed by atoms with E-state index in [2.05, 4.69) is 22.0 Å². The van der Waals surface area contributed by atoms with Gasteiger partial charge in [0.05, 0.1) is 0 Å². The van der Waals surface area contributed by atoms with Crippen LogP contribution >= 0.6 is 0 Å². The molecule has 1 saturated carbocycles. The fraction of sp³-hybridized carbons (Fsp3) is 0.700. The van der Waals surface area contributed by atoms with Crippen LogP contribution in [0.25, 0.3) is 0 Å². The lowest BCUT2D eigenvalue weighted by Gasteiger charge is -2.34. The molecule has 2 heterocycles. The molecule has 3 rings (SSSR count). The van der Waals surface area contributed by atoms with Crippen molar-refractivity contribution in [3.8, 4) is 0 Å². The number of amides is 1. The predicted molar refractivity (Wildman–Crippen MR) is 99.4 cm³/mol. The molecule has 0 radical (unpaired) electrons. The Morgan fingerprint density at radius 3 is 2.48 bits per heavy atom. The maximum atomic E-state index is 12.1. The molecule has 1 aliphatic heterocycles. The summed E-state index contributed by atoms with van der Waals surface area (Å²) in [6, 6.07) is 4.58. The second kappa shape index (κ2) is 8.65. The molecule has 5 nitrogen and oxygen atoms in total. The van der Waals surface area contributed by atoms with Gasteiger partial charge in [0.1, 0.15) is 5.82 Å². The number of aromatic nitrogens is 1. The quantitative estimate of drug-likeness (QED) is 0.891. The first-order valence-corrected chi connectivity index (χ1v) is 9.75. The lowest BCUT2D eigenvalue weighted by molar-refractivity contribution is -0.132. The fourth-order valence-corrected chi connectivity index (χ4v) is 4.13. The van der Waals surface area contributed by atoms with Crippen LogP contribution in [0, 0.1) is 5.92 Å². The van der Waals surface area contributed by atoms with Gasteiger partial charge in [0.2, 0.25) is 5.91 Å². The summed E-state index contributed by atoms with van der Waals surface area (Å²) in [4.78, 5) is 21.1. The van der Waals surface area contributed by atoms with E-state index < -0.39 is 0 Å². The number of hydrogen-bond donors (Lipinski definition) is 1. The molecule has 5 heteroatoms. The van der Waals surface area contributed by atoms with Crippen LogP contribution in [0.2, 0.25) is 0 Å². The Morgan fingerprint density at radius 1 is 1.20 bits per heavy atom. The Labute approximate surface area is 151 Å². The van der Waals surface area contributed by atoms with Crippen molar-refractivity contribution in [3.05, 3.63) is 23.9 Å². The van der Waals surface area contributed by atoms with Crippen LogP contribution in [-0.4, -0.2) is 46.6 Å². The van der Waals surface area contributed by atoms with Crippen molar-refractivity contribution in [1.29, 1.82) is 0 Å². The number of hydrogen-bond acceptors (Lipinski definition) is 4. The third-order valence-electron chi connectivity index (χ3n) is 5.78. The van der Waals surface area contributed by atoms with Gasteiger partial charge in [0.15, 0.2) is 0 Å². The number of aliphatic hydroxyl groups is 1. The Hall–Kier alpha value is -1.62. The molecule has 1 N–H and O–H groups in total. The van der Waals surface area contributed by atoms with Crippen molar-refractivity contribution in [1.82, 2.24) is 9.88 Å². The predicted octanol–water partition coefficient (Wildman–Crippen LogP) is 2.97. The standard InChI is InChI=1S/C20H31N3O2/c1-16(25)23(19-5-3-2-4-6-19)14-18-7-8-20(21-13-18)22-11-9-17(15-24)10-12-22/h7-8,13,17,19,24H,2-6,9-12,14-15H2,1H3. The largest absolute Gasteiger partial charge is 0.396 e. The molecule has 2 aliphatic rings. The minimum Gasteiger partial charge on any atom is -0.396 e. The highest BCUT2D eigenvalue weighted by molar-refractivity contribution is 5.73. The van der Waals surface area contributed by atoms with Gasteiger partial charge in [-0.25, -0.2) is 4.98 Å². The van der Waals surface area contributed by atoms with Gasteiger partial charge in [0, 0.05) is 45.4 Å². The molecule has 138 valence electrons. The number of nitrogens with zero attached hydrogens (tertiary/aromatic N) is 3. The van der Waals surface area contributed by atoms with E-state index in [4.69, 9.17) is 0 Å². The van der Waals surface area contributed by atoms with Crippen molar-refractivity contribution in [2.45, 2.75) is 64.5 Å². The molecule has 1 aliphatic carbocycles. The number of carbonyl (C=O) groups excluding carboxylic acids is 1. The molecule has 1 saturated heterocycles. The lowest BCUT2D eigenvalue weighted by atomic mass is 9.94. The van der Waals surface area contributed by atoms with E-state index in [1.807, 2.05) is 11.1 Å². The van der Waals surface area contributed by atoms with Crippen molar-refractivity contribution in [2.75, 3.05) is 24.6 Å². The van der Waals surface area contributed by atoms with Crippen LogP contribution in [0.4, 0.5) is 5.82 Å². The van der Waals surface area contributed by atoms with Crippen LogP contribution in [0.5, 0.6) is 0 Å². The number of anilines is 1. The van der Waals surface area contributed by atoms with Crippen molar-refractivity contribution in [2.24, 2.45) is 5.92 Å². The smallest absolute Gasteiger partial charge is 0.219 e. The maximum absolute atomic E-state index is 12.1. The highest BCUT2D eigenvalue weighted by Gasteiger charge is 2.24. The summed E-state index contributed by atoms with van der Waals surface area (Å²) in [5, 5.41) is 9.25. The van der Waals surface area contributed by atoms with E-state index in [0.29, 0.717) is 25.1 Å². The number of pyridine rings is 1. The normalized spacial score (nSPS) is 19.8. The van der Waals surface area contributed by atoms with Crippen LogP contribution < -0.4 is 4.90 Å². The molecule has 1 amide bonds. The Balaban J connectivity index is 1.60. The zero-order chi connectivity index (χ0) is 17.6. The molecular formula is C20H31N3O2. The molecule has 1 aromatic rings. The topological polar surface area (TPSA) is 56.7 Å². The van der Waals surface area contributed by atoms with Crippen LogP contribution in [0.15, 0.2) is 18.3 Å². The van der Waals surface area contributed by atoms with Gasteiger partial charge in [-0.3, -0.25) is 4.79 Å². The Morgan fingerprint density at radius 2 is 1.92 bits per heavy atom. The molecule has 0 spiro atoms. The van der Waals surface area contributed by atoms with Gasteiger partial charge in [-0.15, -0.1) is 0 Å². The number of piperidine rings is 1. The van der Waals surface area contributed by atoms with Gasteiger partial charge in [0.25, 0.3) is 0 Å². The van der Waals surface area contributed by atoms with Crippen LogP contribution in [-0.2, 0) is 11.3 Å². The molecule has 1 aromatic heterocycles. The number of aliphatic hydroxyl groups excluding tert-OH is 1. The first-order valence-electron chi connectivity index (χ1n) is 9.75. The second-order valence-electron chi connectivity index (χ2n) is 7.58. The zero-order valence-electron chi connectivity index (χ0n) is 15.4. The van der Waals surface area contributed by atoms with Gasteiger partial charge < -0.3 is 14.9 Å². The highest BCUT2D eigenvalue weighted by Crippen LogP contribution is 2.25. The van der Waals surface area contributed by atoms with Crippen molar-refractivity contribution >= 4 is 11.7 Å². The van der Waals surface area contributed by atoms with Crippen LogP contribution in [0.3, 0.4) is 0 Å². The molecular weight excluding hydrogens is 314 g/mol. The summed E-state index contributed by atoms with van der Waals surface area (Å²) in [6.07, 6.45) is 10.00. The zero-order valence-corrected chi connectivity index (χ0v) is 15.4. The highest BCUT2D eigenvalue weighted by atomic mass is 16.3. The van der Waals surface area contributed by atoms with Gasteiger partial charge in [-0.05, 0) is 43.2 Å². The third-order valence-corrected chi connectivity index (χ3v) is 5.78. The number of rotatable bonds is 5. The Bertz CT molecular complexity index is 547. The SMILES string of the molecule is CC(=O)N(Cc1ccc(N2CCC(CO)CC2)nc1)C1CCCCC1. The summed E-state index contributed by atoms with van der Waals surface area (Å²) >= 11 is 0. The van der Waals surface area contributed by atoms with Gasteiger partial charge in [-0.2, -0.15) is 0 Å². The first kappa shape index (κ1) is 18.2.